The molecule has 110 valence electrons. The summed E-state index contributed by atoms with van der Waals surface area (Å²) in [7, 11) is -3.65. The highest BCUT2D eigenvalue weighted by atomic mass is 35.5. The van der Waals surface area contributed by atoms with Gasteiger partial charge in [-0.3, -0.25) is 0 Å². The molecule has 0 spiro atoms. The Hall–Kier alpha value is -0.840. The van der Waals surface area contributed by atoms with Crippen LogP contribution in [-0.2, 0) is 10.0 Å². The lowest BCUT2D eigenvalue weighted by molar-refractivity contribution is 0.519. The maximum absolute atomic E-state index is 12.2. The van der Waals surface area contributed by atoms with Crippen LogP contribution in [0.1, 0.15) is 18.4 Å². The zero-order valence-corrected chi connectivity index (χ0v) is 12.9. The van der Waals surface area contributed by atoms with Crippen molar-refractivity contribution in [3.05, 3.63) is 28.8 Å². The van der Waals surface area contributed by atoms with Crippen LogP contribution in [0.2, 0.25) is 5.02 Å². The number of nitrogens with one attached hydrogen (secondary N) is 1. The zero-order chi connectivity index (χ0) is 14.0. The van der Waals surface area contributed by atoms with Crippen molar-refractivity contribution in [1.29, 1.82) is 5.26 Å². The van der Waals surface area contributed by atoms with Crippen LogP contribution in [0.15, 0.2) is 23.1 Å². The summed E-state index contributed by atoms with van der Waals surface area (Å²) >= 11 is 5.84. The summed E-state index contributed by atoms with van der Waals surface area (Å²) in [6.45, 7) is 0.272. The van der Waals surface area contributed by atoms with E-state index in [0.29, 0.717) is 5.92 Å². The van der Waals surface area contributed by atoms with Crippen molar-refractivity contribution in [2.45, 2.75) is 23.8 Å². The largest absolute Gasteiger partial charge is 0.329 e. The SMILES string of the molecule is Cl.N#Cc1ccc(S(=O)(=O)NC(CN)C2CC2)cc1Cl. The molecular formula is C12H15Cl2N3O2S. The van der Waals surface area contributed by atoms with Crippen LogP contribution in [0.4, 0.5) is 0 Å². The highest BCUT2D eigenvalue weighted by molar-refractivity contribution is 7.89. The van der Waals surface area contributed by atoms with Gasteiger partial charge >= 0.3 is 0 Å². The number of halogens is 2. The number of nitrogens with two attached hydrogens (primary N) is 1. The molecule has 1 aliphatic carbocycles. The standard InChI is InChI=1S/C12H14ClN3O2S.ClH/c13-11-5-10(4-3-9(11)6-14)19(17,18)16-12(7-15)8-1-2-8;/h3-5,8,12,16H,1-2,7,15H2;1H. The van der Waals surface area contributed by atoms with Crippen LogP contribution in [0.3, 0.4) is 0 Å². The predicted molar refractivity (Wildman–Crippen MR) is 79.3 cm³/mol. The minimum Gasteiger partial charge on any atom is -0.329 e. The molecule has 0 aromatic heterocycles. The van der Waals surface area contributed by atoms with E-state index in [2.05, 4.69) is 4.72 Å². The van der Waals surface area contributed by atoms with Crippen LogP contribution >= 0.6 is 24.0 Å². The first-order chi connectivity index (χ1) is 8.97. The molecule has 3 N–H and O–H groups in total. The number of sulfonamides is 1. The van der Waals surface area contributed by atoms with Crippen molar-refractivity contribution in [2.24, 2.45) is 11.7 Å². The summed E-state index contributed by atoms with van der Waals surface area (Å²) in [5, 5.41) is 8.89. The summed E-state index contributed by atoms with van der Waals surface area (Å²) in [5.74, 6) is 0.327. The second-order valence-electron chi connectivity index (χ2n) is 4.55. The van der Waals surface area contributed by atoms with Crippen LogP contribution < -0.4 is 10.5 Å². The summed E-state index contributed by atoms with van der Waals surface area (Å²) in [6.07, 6.45) is 2.00. The van der Waals surface area contributed by atoms with Crippen molar-refractivity contribution in [3.8, 4) is 6.07 Å². The fourth-order valence-corrected chi connectivity index (χ4v) is 3.49. The van der Waals surface area contributed by atoms with Crippen molar-refractivity contribution in [3.63, 3.8) is 0 Å². The summed E-state index contributed by atoms with van der Waals surface area (Å²) in [4.78, 5) is 0.0515. The number of benzene rings is 1. The first kappa shape index (κ1) is 17.2. The second kappa shape index (κ2) is 6.74. The summed E-state index contributed by atoms with van der Waals surface area (Å²) in [6, 6.07) is 5.69. The monoisotopic (exact) mass is 335 g/mol. The van der Waals surface area contributed by atoms with Gasteiger partial charge in [0.25, 0.3) is 0 Å². The van der Waals surface area contributed by atoms with Gasteiger partial charge in [-0.25, -0.2) is 13.1 Å². The van der Waals surface area contributed by atoms with E-state index in [0.717, 1.165) is 12.8 Å². The smallest absolute Gasteiger partial charge is 0.240 e. The van der Waals surface area contributed by atoms with Gasteiger partial charge in [0.15, 0.2) is 0 Å². The molecule has 8 heteroatoms. The van der Waals surface area contributed by atoms with Gasteiger partial charge in [0.05, 0.1) is 15.5 Å². The fraction of sp³-hybridized carbons (Fsp3) is 0.417. The molecule has 0 heterocycles. The molecule has 0 bridgehead atoms. The van der Waals surface area contributed by atoms with E-state index in [1.54, 1.807) is 0 Å². The van der Waals surface area contributed by atoms with Crippen molar-refractivity contribution < 1.29 is 8.42 Å². The molecule has 0 aliphatic heterocycles. The zero-order valence-electron chi connectivity index (χ0n) is 10.5. The van der Waals surface area contributed by atoms with E-state index in [-0.39, 0.29) is 40.5 Å². The van der Waals surface area contributed by atoms with E-state index in [9.17, 15) is 8.42 Å². The van der Waals surface area contributed by atoms with E-state index in [4.69, 9.17) is 22.6 Å². The molecule has 0 amide bonds. The average molecular weight is 336 g/mol. The molecule has 1 unspecified atom stereocenters. The number of nitriles is 1. The van der Waals surface area contributed by atoms with E-state index < -0.39 is 10.0 Å². The normalized spacial score (nSPS) is 16.1. The minimum absolute atomic E-state index is 0. The lowest BCUT2D eigenvalue weighted by atomic mass is 10.2. The molecule has 0 saturated heterocycles. The molecule has 5 nitrogen and oxygen atoms in total. The summed E-state index contributed by atoms with van der Waals surface area (Å²) in [5.41, 5.74) is 5.83. The first-order valence-corrected chi connectivity index (χ1v) is 7.76. The number of nitrogens with zero attached hydrogens (tertiary/aromatic N) is 1. The maximum atomic E-state index is 12.2. The Kier molecular flexibility index (Phi) is 5.80. The van der Waals surface area contributed by atoms with Crippen LogP contribution in [0.25, 0.3) is 0 Å². The predicted octanol–water partition coefficient (Wildman–Crippen LogP) is 1.65. The topological polar surface area (TPSA) is 96.0 Å². The lowest BCUT2D eigenvalue weighted by Gasteiger charge is -2.16. The second-order valence-corrected chi connectivity index (χ2v) is 6.68. The molecular weight excluding hydrogens is 321 g/mol. The molecule has 1 aliphatic rings. The van der Waals surface area contributed by atoms with Gasteiger partial charge in [0.1, 0.15) is 6.07 Å². The number of rotatable bonds is 5. The van der Waals surface area contributed by atoms with Crippen LogP contribution in [0.5, 0.6) is 0 Å². The molecule has 1 aromatic rings. The van der Waals surface area contributed by atoms with Gasteiger partial charge < -0.3 is 5.73 Å². The van der Waals surface area contributed by atoms with Crippen molar-refractivity contribution in [2.75, 3.05) is 6.54 Å². The Balaban J connectivity index is 0.00000200. The third-order valence-electron chi connectivity index (χ3n) is 3.12. The Morgan fingerprint density at radius 2 is 2.15 bits per heavy atom. The van der Waals surface area contributed by atoms with Gasteiger partial charge in [0, 0.05) is 12.6 Å². The molecule has 1 atom stereocenters. The molecule has 1 saturated carbocycles. The summed E-state index contributed by atoms with van der Waals surface area (Å²) < 4.78 is 26.9. The third kappa shape index (κ3) is 3.84. The fourth-order valence-electron chi connectivity index (χ4n) is 1.86. The van der Waals surface area contributed by atoms with E-state index >= 15 is 0 Å². The maximum Gasteiger partial charge on any atom is 0.240 e. The van der Waals surface area contributed by atoms with E-state index in [1.165, 1.54) is 18.2 Å². The minimum atomic E-state index is -3.65. The average Bonchev–Trinajstić information content (AvgIpc) is 3.20. The van der Waals surface area contributed by atoms with E-state index in [1.807, 2.05) is 6.07 Å². The van der Waals surface area contributed by atoms with Crippen molar-refractivity contribution >= 4 is 34.0 Å². The highest BCUT2D eigenvalue weighted by Crippen LogP contribution is 2.33. The molecule has 20 heavy (non-hydrogen) atoms. The first-order valence-electron chi connectivity index (χ1n) is 5.90. The lowest BCUT2D eigenvalue weighted by Crippen LogP contribution is -2.41. The quantitative estimate of drug-likeness (QED) is 0.854. The van der Waals surface area contributed by atoms with Gasteiger partial charge in [-0.15, -0.1) is 12.4 Å². The molecule has 0 radical (unpaired) electrons. The van der Waals surface area contributed by atoms with Crippen molar-refractivity contribution in [1.82, 2.24) is 4.72 Å². The highest BCUT2D eigenvalue weighted by Gasteiger charge is 2.33. The van der Waals surface area contributed by atoms with Crippen LogP contribution in [0, 0.1) is 17.2 Å². The molecule has 2 rings (SSSR count). The van der Waals surface area contributed by atoms with Gasteiger partial charge in [-0.05, 0) is 37.0 Å². The Labute approximate surface area is 129 Å². The Morgan fingerprint density at radius 3 is 2.60 bits per heavy atom. The number of hydrogen-bond acceptors (Lipinski definition) is 4. The number of hydrogen-bond donors (Lipinski definition) is 2. The Bertz CT molecular complexity index is 624. The van der Waals surface area contributed by atoms with Crippen LogP contribution in [-0.4, -0.2) is 21.0 Å². The molecule has 1 aromatic carbocycles. The van der Waals surface area contributed by atoms with Gasteiger partial charge in [-0.2, -0.15) is 5.26 Å². The van der Waals surface area contributed by atoms with Gasteiger partial charge in [-0.1, -0.05) is 11.6 Å². The Morgan fingerprint density at radius 1 is 1.50 bits per heavy atom. The van der Waals surface area contributed by atoms with Gasteiger partial charge in [0.2, 0.25) is 10.0 Å². The third-order valence-corrected chi connectivity index (χ3v) is 4.92. The molecule has 1 fully saturated rings.